The van der Waals surface area contributed by atoms with Crippen molar-refractivity contribution in [3.8, 4) is 0 Å². The lowest BCUT2D eigenvalue weighted by molar-refractivity contribution is 0.589. The molecule has 0 saturated heterocycles. The maximum absolute atomic E-state index is 3.25. The van der Waals surface area contributed by atoms with Crippen LogP contribution in [-0.4, -0.2) is 18.8 Å². The third kappa shape index (κ3) is 4.18. The van der Waals surface area contributed by atoms with Gasteiger partial charge in [-0.3, -0.25) is 0 Å². The molecule has 0 spiro atoms. The Balaban J connectivity index is 2.58. The van der Waals surface area contributed by atoms with Gasteiger partial charge in [-0.1, -0.05) is 32.9 Å². The summed E-state index contributed by atoms with van der Waals surface area (Å²) in [6.45, 7) is 8.95. The van der Waals surface area contributed by atoms with Crippen molar-refractivity contribution < 1.29 is 0 Å². The van der Waals surface area contributed by atoms with E-state index in [1.807, 2.05) is 18.8 Å². The molecule has 0 amide bonds. The summed E-state index contributed by atoms with van der Waals surface area (Å²) < 4.78 is 0. The van der Waals surface area contributed by atoms with Crippen LogP contribution < -0.4 is 5.32 Å². The number of hydrogen-bond donors (Lipinski definition) is 1. The van der Waals surface area contributed by atoms with Crippen molar-refractivity contribution >= 4 is 11.8 Å². The molecule has 1 nitrogen and oxygen atoms in total. The predicted octanol–water partition coefficient (Wildman–Crippen LogP) is 3.68. The second kappa shape index (κ2) is 5.74. The Morgan fingerprint density at radius 2 is 1.75 bits per heavy atom. The summed E-state index contributed by atoms with van der Waals surface area (Å²) in [6, 6.07) is 9.51. The summed E-state index contributed by atoms with van der Waals surface area (Å²) in [7, 11) is 2.01. The van der Waals surface area contributed by atoms with E-state index in [2.05, 4.69) is 57.3 Å². The van der Waals surface area contributed by atoms with Crippen LogP contribution in [0.4, 0.5) is 0 Å². The Hall–Kier alpha value is -0.470. The second-order valence-corrected chi connectivity index (χ2v) is 6.37. The van der Waals surface area contributed by atoms with Crippen LogP contribution in [0.5, 0.6) is 0 Å². The Morgan fingerprint density at radius 1 is 1.19 bits per heavy atom. The number of hydrogen-bond acceptors (Lipinski definition) is 2. The summed E-state index contributed by atoms with van der Waals surface area (Å²) in [6.07, 6.45) is 0. The van der Waals surface area contributed by atoms with E-state index < -0.39 is 0 Å². The van der Waals surface area contributed by atoms with Crippen molar-refractivity contribution in [3.63, 3.8) is 0 Å². The smallest absolute Gasteiger partial charge is 0.0132 e. The van der Waals surface area contributed by atoms with Crippen LogP contribution >= 0.6 is 11.8 Å². The first-order valence-electron chi connectivity index (χ1n) is 5.84. The van der Waals surface area contributed by atoms with Gasteiger partial charge in [-0.05, 0) is 37.1 Å². The van der Waals surface area contributed by atoms with E-state index in [0.29, 0.717) is 6.04 Å². The molecular formula is C14H23NS. The largest absolute Gasteiger partial charge is 0.316 e. The fraction of sp³-hybridized carbons (Fsp3) is 0.571. The normalized spacial score (nSPS) is 13.8. The molecule has 16 heavy (non-hydrogen) atoms. The van der Waals surface area contributed by atoms with Crippen LogP contribution in [0.1, 0.15) is 33.3 Å². The third-order valence-electron chi connectivity index (χ3n) is 2.71. The van der Waals surface area contributed by atoms with Crippen LogP contribution in [-0.2, 0) is 5.41 Å². The van der Waals surface area contributed by atoms with Gasteiger partial charge < -0.3 is 5.32 Å². The molecule has 0 bridgehead atoms. The van der Waals surface area contributed by atoms with Crippen molar-refractivity contribution in [2.75, 3.05) is 12.8 Å². The summed E-state index contributed by atoms with van der Waals surface area (Å²) in [4.78, 5) is 1.36. The Kier molecular flexibility index (Phi) is 4.88. The van der Waals surface area contributed by atoms with Gasteiger partial charge in [-0.2, -0.15) is 0 Å². The monoisotopic (exact) mass is 237 g/mol. The maximum atomic E-state index is 3.25. The van der Waals surface area contributed by atoms with E-state index in [-0.39, 0.29) is 5.41 Å². The summed E-state index contributed by atoms with van der Waals surface area (Å²) in [5.41, 5.74) is 1.65. The van der Waals surface area contributed by atoms with Gasteiger partial charge in [0, 0.05) is 16.7 Å². The highest BCUT2D eigenvalue weighted by atomic mass is 32.2. The topological polar surface area (TPSA) is 12.0 Å². The predicted molar refractivity (Wildman–Crippen MR) is 74.4 cm³/mol. The van der Waals surface area contributed by atoms with Gasteiger partial charge in [0.05, 0.1) is 0 Å². The van der Waals surface area contributed by atoms with Gasteiger partial charge in [0.2, 0.25) is 0 Å². The Morgan fingerprint density at radius 3 is 2.19 bits per heavy atom. The second-order valence-electron chi connectivity index (χ2n) is 5.28. The number of thioether (sulfide) groups is 1. The maximum Gasteiger partial charge on any atom is 0.0132 e. The van der Waals surface area contributed by atoms with Crippen LogP contribution in [0.2, 0.25) is 0 Å². The zero-order valence-corrected chi connectivity index (χ0v) is 11.8. The molecule has 0 aliphatic rings. The SMILES string of the molecule is CNC(C)CSc1ccc(C(C)(C)C)cc1. The van der Waals surface area contributed by atoms with Gasteiger partial charge in [-0.25, -0.2) is 0 Å². The van der Waals surface area contributed by atoms with Crippen molar-refractivity contribution in [1.29, 1.82) is 0 Å². The summed E-state index contributed by atoms with van der Waals surface area (Å²) >= 11 is 1.91. The van der Waals surface area contributed by atoms with Gasteiger partial charge >= 0.3 is 0 Å². The minimum atomic E-state index is 0.251. The highest BCUT2D eigenvalue weighted by Gasteiger charge is 2.12. The standard InChI is InChI=1S/C14H23NS/c1-11(15-5)10-16-13-8-6-12(7-9-13)14(2,3)4/h6-9,11,15H,10H2,1-5H3. The lowest BCUT2D eigenvalue weighted by atomic mass is 9.87. The molecule has 90 valence electrons. The van der Waals surface area contributed by atoms with Crippen molar-refractivity contribution in [3.05, 3.63) is 29.8 Å². The van der Waals surface area contributed by atoms with E-state index in [0.717, 1.165) is 5.75 Å². The molecule has 0 heterocycles. The minimum Gasteiger partial charge on any atom is -0.316 e. The lowest BCUT2D eigenvalue weighted by Crippen LogP contribution is -2.23. The molecule has 1 aromatic rings. The molecule has 1 aromatic carbocycles. The first kappa shape index (κ1) is 13.6. The zero-order valence-electron chi connectivity index (χ0n) is 11.0. The van der Waals surface area contributed by atoms with Crippen LogP contribution in [0.15, 0.2) is 29.2 Å². The molecule has 1 atom stereocenters. The highest BCUT2D eigenvalue weighted by Crippen LogP contribution is 2.25. The number of rotatable bonds is 4. The van der Waals surface area contributed by atoms with Gasteiger partial charge in [0.1, 0.15) is 0 Å². The molecule has 0 aromatic heterocycles. The molecule has 1 unspecified atom stereocenters. The fourth-order valence-corrected chi connectivity index (χ4v) is 2.29. The van der Waals surface area contributed by atoms with Crippen LogP contribution in [0.3, 0.4) is 0 Å². The third-order valence-corrected chi connectivity index (χ3v) is 3.99. The first-order valence-corrected chi connectivity index (χ1v) is 6.82. The zero-order chi connectivity index (χ0) is 12.2. The highest BCUT2D eigenvalue weighted by molar-refractivity contribution is 7.99. The van der Waals surface area contributed by atoms with E-state index in [1.165, 1.54) is 10.5 Å². The Labute approximate surface area is 104 Å². The average Bonchev–Trinajstić information content (AvgIpc) is 2.25. The quantitative estimate of drug-likeness (QED) is 0.802. The summed E-state index contributed by atoms with van der Waals surface area (Å²) in [5, 5.41) is 3.25. The fourth-order valence-electron chi connectivity index (χ4n) is 1.36. The molecule has 0 saturated carbocycles. The van der Waals surface area contributed by atoms with Gasteiger partial charge in [-0.15, -0.1) is 11.8 Å². The van der Waals surface area contributed by atoms with Crippen molar-refractivity contribution in [2.24, 2.45) is 0 Å². The van der Waals surface area contributed by atoms with Crippen LogP contribution in [0, 0.1) is 0 Å². The number of benzene rings is 1. The van der Waals surface area contributed by atoms with Crippen molar-refractivity contribution in [1.82, 2.24) is 5.32 Å². The van der Waals surface area contributed by atoms with Crippen LogP contribution in [0.25, 0.3) is 0 Å². The Bertz CT molecular complexity index is 311. The van der Waals surface area contributed by atoms with Gasteiger partial charge in [0.15, 0.2) is 0 Å². The molecule has 1 rings (SSSR count). The van der Waals surface area contributed by atoms with E-state index in [9.17, 15) is 0 Å². The number of nitrogens with one attached hydrogen (secondary N) is 1. The van der Waals surface area contributed by atoms with E-state index in [1.54, 1.807) is 0 Å². The molecule has 0 fully saturated rings. The van der Waals surface area contributed by atoms with Gasteiger partial charge in [0.25, 0.3) is 0 Å². The minimum absolute atomic E-state index is 0.251. The average molecular weight is 237 g/mol. The van der Waals surface area contributed by atoms with E-state index >= 15 is 0 Å². The molecule has 0 radical (unpaired) electrons. The molecule has 1 N–H and O–H groups in total. The molecular weight excluding hydrogens is 214 g/mol. The van der Waals surface area contributed by atoms with Crippen molar-refractivity contribution in [2.45, 2.75) is 44.0 Å². The lowest BCUT2D eigenvalue weighted by Gasteiger charge is -2.19. The molecule has 0 aliphatic heterocycles. The molecule has 2 heteroatoms. The first-order chi connectivity index (χ1) is 7.43. The van der Waals surface area contributed by atoms with E-state index in [4.69, 9.17) is 0 Å². The summed E-state index contributed by atoms with van der Waals surface area (Å²) in [5.74, 6) is 1.12. The molecule has 0 aliphatic carbocycles.